The van der Waals surface area contributed by atoms with Crippen LogP contribution in [0.25, 0.3) is 0 Å². The summed E-state index contributed by atoms with van der Waals surface area (Å²) in [7, 11) is 4.72. The SMILES string of the molecule is CCNC(=NCc1cc(OC)c(OC)c(OC)c1)NCC(C)Oc1ccccc1F.I. The Morgan fingerprint density at radius 1 is 1.00 bits per heavy atom. The van der Waals surface area contributed by atoms with Crippen molar-refractivity contribution in [3.05, 3.63) is 47.8 Å². The number of rotatable bonds is 10. The van der Waals surface area contributed by atoms with Crippen molar-refractivity contribution in [1.82, 2.24) is 10.6 Å². The van der Waals surface area contributed by atoms with Crippen LogP contribution in [0.1, 0.15) is 19.4 Å². The highest BCUT2D eigenvalue weighted by molar-refractivity contribution is 14.0. The highest BCUT2D eigenvalue weighted by Gasteiger charge is 2.13. The Morgan fingerprint density at radius 3 is 2.19 bits per heavy atom. The summed E-state index contributed by atoms with van der Waals surface area (Å²) in [6.45, 7) is 5.39. The van der Waals surface area contributed by atoms with E-state index in [-0.39, 0.29) is 41.6 Å². The van der Waals surface area contributed by atoms with Crippen molar-refractivity contribution in [3.63, 3.8) is 0 Å². The van der Waals surface area contributed by atoms with Gasteiger partial charge in [-0.3, -0.25) is 0 Å². The first-order valence-electron chi connectivity index (χ1n) is 9.74. The number of aliphatic imine (C=N–C) groups is 1. The highest BCUT2D eigenvalue weighted by atomic mass is 127. The van der Waals surface area contributed by atoms with Gasteiger partial charge in [0.25, 0.3) is 0 Å². The molecule has 2 rings (SSSR count). The molecule has 0 heterocycles. The van der Waals surface area contributed by atoms with Gasteiger partial charge in [0.1, 0.15) is 6.10 Å². The molecular weight excluding hydrogens is 516 g/mol. The van der Waals surface area contributed by atoms with E-state index in [2.05, 4.69) is 15.6 Å². The normalized spacial score (nSPS) is 11.7. The zero-order valence-corrected chi connectivity index (χ0v) is 20.9. The lowest BCUT2D eigenvalue weighted by Crippen LogP contribution is -2.41. The summed E-state index contributed by atoms with van der Waals surface area (Å²) < 4.78 is 35.5. The van der Waals surface area contributed by atoms with Crippen molar-refractivity contribution in [3.8, 4) is 23.0 Å². The quantitative estimate of drug-likeness (QED) is 0.266. The molecule has 2 aromatic rings. The average Bonchev–Trinajstić information content (AvgIpc) is 2.76. The third-order valence-electron chi connectivity index (χ3n) is 4.21. The van der Waals surface area contributed by atoms with Gasteiger partial charge in [-0.15, -0.1) is 24.0 Å². The third kappa shape index (κ3) is 7.97. The summed E-state index contributed by atoms with van der Waals surface area (Å²) >= 11 is 0. The van der Waals surface area contributed by atoms with E-state index >= 15 is 0 Å². The number of nitrogens with zero attached hydrogens (tertiary/aromatic N) is 1. The molecule has 7 nitrogen and oxygen atoms in total. The average molecular weight is 547 g/mol. The maximum absolute atomic E-state index is 13.7. The summed E-state index contributed by atoms with van der Waals surface area (Å²) in [5.74, 6) is 2.16. The second kappa shape index (κ2) is 13.8. The molecule has 0 saturated carbocycles. The van der Waals surface area contributed by atoms with Crippen LogP contribution in [0.4, 0.5) is 4.39 Å². The van der Waals surface area contributed by atoms with Gasteiger partial charge in [-0.25, -0.2) is 9.38 Å². The van der Waals surface area contributed by atoms with E-state index in [0.29, 0.717) is 42.8 Å². The van der Waals surface area contributed by atoms with Crippen LogP contribution in [0.15, 0.2) is 41.4 Å². The predicted molar refractivity (Wildman–Crippen MR) is 131 cm³/mol. The maximum atomic E-state index is 13.7. The van der Waals surface area contributed by atoms with E-state index < -0.39 is 0 Å². The zero-order chi connectivity index (χ0) is 21.9. The summed E-state index contributed by atoms with van der Waals surface area (Å²) in [5.41, 5.74) is 0.900. The van der Waals surface area contributed by atoms with Crippen molar-refractivity contribution in [2.75, 3.05) is 34.4 Å². The first-order chi connectivity index (χ1) is 14.5. The van der Waals surface area contributed by atoms with Crippen LogP contribution < -0.4 is 29.6 Å². The number of ether oxygens (including phenoxy) is 4. The van der Waals surface area contributed by atoms with Gasteiger partial charge in [-0.1, -0.05) is 12.1 Å². The minimum atomic E-state index is -0.382. The molecule has 2 aromatic carbocycles. The Morgan fingerprint density at radius 2 is 1.65 bits per heavy atom. The predicted octanol–water partition coefficient (Wildman–Crippen LogP) is 3.99. The summed E-state index contributed by atoms with van der Waals surface area (Å²) in [6, 6.07) is 10.1. The topological polar surface area (TPSA) is 73.3 Å². The van der Waals surface area contributed by atoms with Gasteiger partial charge in [-0.2, -0.15) is 0 Å². The lowest BCUT2D eigenvalue weighted by atomic mass is 10.2. The van der Waals surface area contributed by atoms with E-state index in [9.17, 15) is 4.39 Å². The summed E-state index contributed by atoms with van der Waals surface area (Å²) in [6.07, 6.45) is -0.257. The molecule has 1 unspecified atom stereocenters. The number of para-hydroxylation sites is 1. The number of halogens is 2. The molecule has 172 valence electrons. The van der Waals surface area contributed by atoms with E-state index in [4.69, 9.17) is 18.9 Å². The van der Waals surface area contributed by atoms with Crippen LogP contribution in [-0.2, 0) is 6.54 Å². The molecule has 0 aliphatic carbocycles. The Bertz CT molecular complexity index is 826. The highest BCUT2D eigenvalue weighted by Crippen LogP contribution is 2.38. The molecule has 0 bridgehead atoms. The largest absolute Gasteiger partial charge is 0.493 e. The van der Waals surface area contributed by atoms with Crippen molar-refractivity contribution >= 4 is 29.9 Å². The van der Waals surface area contributed by atoms with Gasteiger partial charge in [0.05, 0.1) is 34.4 Å². The molecule has 31 heavy (non-hydrogen) atoms. The van der Waals surface area contributed by atoms with Gasteiger partial charge in [0.15, 0.2) is 29.0 Å². The van der Waals surface area contributed by atoms with Crippen molar-refractivity contribution in [1.29, 1.82) is 0 Å². The second-order valence-electron chi connectivity index (χ2n) is 6.47. The third-order valence-corrected chi connectivity index (χ3v) is 4.21. The zero-order valence-electron chi connectivity index (χ0n) is 18.5. The van der Waals surface area contributed by atoms with Gasteiger partial charge in [-0.05, 0) is 43.7 Å². The van der Waals surface area contributed by atoms with Crippen LogP contribution in [0.2, 0.25) is 0 Å². The van der Waals surface area contributed by atoms with Crippen molar-refractivity contribution in [2.45, 2.75) is 26.5 Å². The van der Waals surface area contributed by atoms with Gasteiger partial charge >= 0.3 is 0 Å². The van der Waals surface area contributed by atoms with Crippen LogP contribution >= 0.6 is 24.0 Å². The van der Waals surface area contributed by atoms with E-state index in [0.717, 1.165) is 5.56 Å². The van der Waals surface area contributed by atoms with Gasteiger partial charge < -0.3 is 29.6 Å². The first kappa shape index (κ1) is 26.6. The molecule has 0 aliphatic heterocycles. The molecule has 0 spiro atoms. The van der Waals surface area contributed by atoms with Crippen LogP contribution in [0.5, 0.6) is 23.0 Å². The molecule has 0 saturated heterocycles. The fraction of sp³-hybridized carbons (Fsp3) is 0.409. The Labute approximate surface area is 200 Å². The molecule has 9 heteroatoms. The maximum Gasteiger partial charge on any atom is 0.203 e. The minimum absolute atomic E-state index is 0. The van der Waals surface area contributed by atoms with E-state index in [1.54, 1.807) is 39.5 Å². The molecule has 0 fully saturated rings. The molecule has 0 aliphatic rings. The fourth-order valence-corrected chi connectivity index (χ4v) is 2.78. The van der Waals surface area contributed by atoms with Crippen LogP contribution in [0, 0.1) is 5.82 Å². The lowest BCUT2D eigenvalue weighted by molar-refractivity contribution is 0.214. The van der Waals surface area contributed by atoms with Crippen molar-refractivity contribution < 1.29 is 23.3 Å². The van der Waals surface area contributed by atoms with Gasteiger partial charge in [0, 0.05) is 6.54 Å². The number of nitrogens with one attached hydrogen (secondary N) is 2. The smallest absolute Gasteiger partial charge is 0.203 e. The lowest BCUT2D eigenvalue weighted by Gasteiger charge is -2.18. The molecule has 0 radical (unpaired) electrons. The number of methoxy groups -OCH3 is 3. The molecule has 0 amide bonds. The first-order valence-corrected chi connectivity index (χ1v) is 9.74. The van der Waals surface area contributed by atoms with Gasteiger partial charge in [0.2, 0.25) is 5.75 Å². The Kier molecular flexibility index (Phi) is 11.8. The second-order valence-corrected chi connectivity index (χ2v) is 6.47. The minimum Gasteiger partial charge on any atom is -0.493 e. The summed E-state index contributed by atoms with van der Waals surface area (Å²) in [5, 5.41) is 6.40. The molecular formula is C22H31FIN3O4. The number of hydrogen-bond donors (Lipinski definition) is 2. The monoisotopic (exact) mass is 547 g/mol. The molecule has 2 N–H and O–H groups in total. The standard InChI is InChI=1S/C22H30FN3O4.HI/c1-6-24-22(25-13-15(2)30-18-10-8-7-9-17(18)23)26-14-16-11-19(27-3)21(29-5)20(12-16)28-4;/h7-12,15H,6,13-14H2,1-5H3,(H2,24,25,26);1H. The summed E-state index contributed by atoms with van der Waals surface area (Å²) in [4.78, 5) is 4.60. The van der Waals surface area contributed by atoms with E-state index in [1.807, 2.05) is 26.0 Å². The molecule has 0 aromatic heterocycles. The van der Waals surface area contributed by atoms with E-state index in [1.165, 1.54) is 6.07 Å². The molecule has 1 atom stereocenters. The number of guanidine groups is 1. The van der Waals surface area contributed by atoms with Crippen LogP contribution in [0.3, 0.4) is 0 Å². The van der Waals surface area contributed by atoms with Crippen molar-refractivity contribution in [2.24, 2.45) is 4.99 Å². The fourth-order valence-electron chi connectivity index (χ4n) is 2.78. The number of hydrogen-bond acceptors (Lipinski definition) is 5. The number of benzene rings is 2. The van der Waals surface area contributed by atoms with Crippen LogP contribution in [-0.4, -0.2) is 46.5 Å². The Hall–Kier alpha value is -2.43. The Balaban J connectivity index is 0.00000480.